The fraction of sp³-hybridized carbons (Fsp3) is 0.688. The summed E-state index contributed by atoms with van der Waals surface area (Å²) in [7, 11) is 1.36. The number of aryl methyl sites for hydroxylation is 1. The smallest absolute Gasteiger partial charge is 0.341 e. The van der Waals surface area contributed by atoms with Crippen molar-refractivity contribution in [3.63, 3.8) is 0 Å². The molecule has 0 bridgehead atoms. The Balaban J connectivity index is 1.90. The van der Waals surface area contributed by atoms with Gasteiger partial charge in [-0.3, -0.25) is 0 Å². The number of esters is 1. The van der Waals surface area contributed by atoms with Crippen LogP contribution in [0, 0.1) is 12.3 Å². The van der Waals surface area contributed by atoms with E-state index in [9.17, 15) is 9.90 Å². The van der Waals surface area contributed by atoms with Gasteiger partial charge in [-0.15, -0.1) is 0 Å². The van der Waals surface area contributed by atoms with Crippen molar-refractivity contribution in [1.29, 1.82) is 0 Å². The van der Waals surface area contributed by atoms with E-state index in [0.29, 0.717) is 23.6 Å². The molecule has 0 aromatic carbocycles. The van der Waals surface area contributed by atoms with Gasteiger partial charge in [0, 0.05) is 12.0 Å². The number of aliphatic hydroxyl groups is 1. The van der Waals surface area contributed by atoms with E-state index in [0.717, 1.165) is 25.8 Å². The van der Waals surface area contributed by atoms with E-state index in [2.05, 4.69) is 12.2 Å². The summed E-state index contributed by atoms with van der Waals surface area (Å²) in [6, 6.07) is 1.72. The molecule has 118 valence electrons. The number of nitrogens with one attached hydrogen (secondary N) is 1. The predicted octanol–water partition coefficient (Wildman–Crippen LogP) is 2.41. The van der Waals surface area contributed by atoms with Gasteiger partial charge in [0.25, 0.3) is 0 Å². The predicted molar refractivity (Wildman–Crippen MR) is 79.1 cm³/mol. The first kappa shape index (κ1) is 16.0. The summed E-state index contributed by atoms with van der Waals surface area (Å²) in [4.78, 5) is 11.5. The van der Waals surface area contributed by atoms with Crippen LogP contribution in [0.5, 0.6) is 0 Å². The van der Waals surface area contributed by atoms with Gasteiger partial charge in [-0.2, -0.15) is 0 Å². The monoisotopic (exact) mass is 295 g/mol. The van der Waals surface area contributed by atoms with Gasteiger partial charge in [0.1, 0.15) is 17.1 Å². The van der Waals surface area contributed by atoms with Gasteiger partial charge in [0.15, 0.2) is 0 Å². The summed E-state index contributed by atoms with van der Waals surface area (Å²) in [6.45, 7) is 5.15. The highest BCUT2D eigenvalue weighted by molar-refractivity contribution is 5.90. The minimum absolute atomic E-state index is 0.0783. The Bertz CT molecular complexity index is 496. The molecule has 21 heavy (non-hydrogen) atoms. The van der Waals surface area contributed by atoms with Gasteiger partial charge in [0.2, 0.25) is 0 Å². The number of methoxy groups -OCH3 is 1. The number of ether oxygens (including phenoxy) is 1. The van der Waals surface area contributed by atoms with E-state index in [-0.39, 0.29) is 17.5 Å². The summed E-state index contributed by atoms with van der Waals surface area (Å²) in [5, 5.41) is 13.5. The maximum Gasteiger partial charge on any atom is 0.341 e. The topological polar surface area (TPSA) is 71.7 Å². The molecule has 5 heteroatoms. The quantitative estimate of drug-likeness (QED) is 0.816. The van der Waals surface area contributed by atoms with Gasteiger partial charge in [0.05, 0.1) is 19.8 Å². The molecule has 0 radical (unpaired) electrons. The molecule has 2 rings (SSSR count). The molecule has 0 amide bonds. The second-order valence-electron chi connectivity index (χ2n) is 6.19. The van der Waals surface area contributed by atoms with E-state index in [4.69, 9.17) is 9.15 Å². The first-order valence-electron chi connectivity index (χ1n) is 7.52. The minimum atomic E-state index is -0.378. The summed E-state index contributed by atoms with van der Waals surface area (Å²) < 4.78 is 10.3. The zero-order valence-electron chi connectivity index (χ0n) is 13.1. The molecule has 0 spiro atoms. The van der Waals surface area contributed by atoms with Crippen molar-refractivity contribution in [3.8, 4) is 0 Å². The molecule has 1 aromatic rings. The molecule has 1 saturated carbocycles. The first-order valence-corrected chi connectivity index (χ1v) is 7.52. The molecule has 1 fully saturated rings. The second kappa shape index (κ2) is 6.62. The van der Waals surface area contributed by atoms with E-state index < -0.39 is 0 Å². The SMILES string of the molecule is COC(=O)c1cc(CNCC2(C)CCCCC2O)oc1C. The lowest BCUT2D eigenvalue weighted by molar-refractivity contribution is 0.000918. The Morgan fingerprint density at radius 3 is 3.00 bits per heavy atom. The van der Waals surface area contributed by atoms with Gasteiger partial charge in [-0.05, 0) is 25.8 Å². The minimum Gasteiger partial charge on any atom is -0.465 e. The Morgan fingerprint density at radius 1 is 1.57 bits per heavy atom. The molecule has 0 aliphatic heterocycles. The number of furan rings is 1. The van der Waals surface area contributed by atoms with Crippen LogP contribution in [0.1, 0.15) is 54.5 Å². The maximum atomic E-state index is 11.5. The maximum absolute atomic E-state index is 11.5. The molecule has 1 heterocycles. The lowest BCUT2D eigenvalue weighted by Crippen LogP contribution is -2.43. The van der Waals surface area contributed by atoms with Gasteiger partial charge in [-0.25, -0.2) is 4.79 Å². The second-order valence-corrected chi connectivity index (χ2v) is 6.19. The van der Waals surface area contributed by atoms with Crippen molar-refractivity contribution >= 4 is 5.97 Å². The summed E-state index contributed by atoms with van der Waals surface area (Å²) in [6.07, 6.45) is 3.94. The number of carbonyl (C=O) groups is 1. The third-order valence-corrected chi connectivity index (χ3v) is 4.48. The normalized spacial score (nSPS) is 25.8. The zero-order valence-corrected chi connectivity index (χ0v) is 13.1. The average molecular weight is 295 g/mol. The fourth-order valence-corrected chi connectivity index (χ4v) is 3.00. The van der Waals surface area contributed by atoms with Crippen LogP contribution in [-0.2, 0) is 11.3 Å². The van der Waals surface area contributed by atoms with Gasteiger partial charge in [-0.1, -0.05) is 19.8 Å². The lowest BCUT2D eigenvalue weighted by Gasteiger charge is -2.38. The van der Waals surface area contributed by atoms with E-state index in [1.54, 1.807) is 13.0 Å². The van der Waals surface area contributed by atoms with E-state index >= 15 is 0 Å². The van der Waals surface area contributed by atoms with Crippen molar-refractivity contribution in [2.24, 2.45) is 5.41 Å². The van der Waals surface area contributed by atoms with Crippen molar-refractivity contribution in [1.82, 2.24) is 5.32 Å². The molecule has 1 aromatic heterocycles. The molecule has 1 aliphatic carbocycles. The highest BCUT2D eigenvalue weighted by atomic mass is 16.5. The van der Waals surface area contributed by atoms with Gasteiger partial charge >= 0.3 is 5.97 Å². The lowest BCUT2D eigenvalue weighted by atomic mass is 9.73. The number of hydrogen-bond donors (Lipinski definition) is 2. The molecule has 2 N–H and O–H groups in total. The Hall–Kier alpha value is -1.33. The van der Waals surface area contributed by atoms with E-state index in [1.807, 2.05) is 0 Å². The molecular weight excluding hydrogens is 270 g/mol. The summed E-state index contributed by atoms with van der Waals surface area (Å²) in [5.41, 5.74) is 0.392. The molecule has 0 saturated heterocycles. The summed E-state index contributed by atoms with van der Waals surface area (Å²) >= 11 is 0. The van der Waals surface area contributed by atoms with Crippen LogP contribution in [0.2, 0.25) is 0 Å². The van der Waals surface area contributed by atoms with Crippen LogP contribution in [0.3, 0.4) is 0 Å². The number of carbonyl (C=O) groups excluding carboxylic acids is 1. The number of rotatable bonds is 5. The van der Waals surface area contributed by atoms with Crippen LogP contribution >= 0.6 is 0 Å². The first-order chi connectivity index (χ1) is 9.96. The Kier molecular flexibility index (Phi) is 5.06. The average Bonchev–Trinajstić information content (AvgIpc) is 2.82. The van der Waals surface area contributed by atoms with Crippen LogP contribution in [0.4, 0.5) is 0 Å². The van der Waals surface area contributed by atoms with E-state index in [1.165, 1.54) is 13.5 Å². The molecule has 1 aliphatic rings. The fourth-order valence-electron chi connectivity index (χ4n) is 3.00. The Labute approximate surface area is 125 Å². The number of aliphatic hydroxyl groups excluding tert-OH is 1. The zero-order chi connectivity index (χ0) is 15.5. The Morgan fingerprint density at radius 2 is 2.33 bits per heavy atom. The third-order valence-electron chi connectivity index (χ3n) is 4.48. The third kappa shape index (κ3) is 3.66. The molecule has 2 unspecified atom stereocenters. The largest absolute Gasteiger partial charge is 0.465 e. The molecule has 5 nitrogen and oxygen atoms in total. The van der Waals surface area contributed by atoms with Crippen molar-refractivity contribution in [2.45, 2.75) is 52.2 Å². The highest BCUT2D eigenvalue weighted by Gasteiger charge is 2.34. The van der Waals surface area contributed by atoms with Crippen LogP contribution in [0.25, 0.3) is 0 Å². The summed E-state index contributed by atoms with van der Waals surface area (Å²) in [5.74, 6) is 0.904. The van der Waals surface area contributed by atoms with Crippen molar-refractivity contribution in [3.05, 3.63) is 23.2 Å². The van der Waals surface area contributed by atoms with Gasteiger partial charge < -0.3 is 19.6 Å². The number of hydrogen-bond acceptors (Lipinski definition) is 5. The van der Waals surface area contributed by atoms with Crippen molar-refractivity contribution < 1.29 is 19.1 Å². The molecular formula is C16H25NO4. The highest BCUT2D eigenvalue weighted by Crippen LogP contribution is 2.35. The standard InChI is InChI=1S/C16H25NO4/c1-11-13(15(19)20-3)8-12(21-11)9-17-10-16(2)7-5-4-6-14(16)18/h8,14,17-18H,4-7,9-10H2,1-3H3. The van der Waals surface area contributed by atoms with Crippen molar-refractivity contribution in [2.75, 3.05) is 13.7 Å². The van der Waals surface area contributed by atoms with Crippen LogP contribution < -0.4 is 5.32 Å². The van der Waals surface area contributed by atoms with Crippen LogP contribution in [-0.4, -0.2) is 30.8 Å². The van der Waals surface area contributed by atoms with Crippen LogP contribution in [0.15, 0.2) is 10.5 Å². The molecule has 2 atom stereocenters.